The number of aliphatic hydroxyl groups is 1. The average molecular weight is 224 g/mol. The Morgan fingerprint density at radius 3 is 2.88 bits per heavy atom. The molecule has 0 amide bonds. The molecule has 1 heterocycles. The second-order valence-corrected chi connectivity index (χ2v) is 3.49. The number of aromatic nitrogens is 1. The van der Waals surface area contributed by atoms with Crippen molar-refractivity contribution in [2.45, 2.75) is 19.8 Å². The maximum Gasteiger partial charge on any atom is 0.379 e. The maximum absolute atomic E-state index is 11.5. The van der Waals surface area contributed by atoms with Crippen molar-refractivity contribution in [3.63, 3.8) is 0 Å². The van der Waals surface area contributed by atoms with Gasteiger partial charge in [0.05, 0.1) is 19.3 Å². The van der Waals surface area contributed by atoms with Crippen LogP contribution < -0.4 is 9.47 Å². The molecule has 0 unspecified atom stereocenters. The molecule has 5 nitrogen and oxygen atoms in total. The summed E-state index contributed by atoms with van der Waals surface area (Å²) >= 11 is 0. The first kappa shape index (κ1) is 12.4. The lowest BCUT2D eigenvalue weighted by Gasteiger charge is -2.07. The zero-order valence-corrected chi connectivity index (χ0v) is 9.27. The molecule has 2 N–H and O–H groups in total. The summed E-state index contributed by atoms with van der Waals surface area (Å²) in [4.78, 5) is 0. The summed E-state index contributed by atoms with van der Waals surface area (Å²) in [6.07, 6.45) is 2.50. The van der Waals surface area contributed by atoms with Gasteiger partial charge in [0.2, 0.25) is 0 Å². The molecule has 0 bridgehead atoms. The van der Waals surface area contributed by atoms with Crippen LogP contribution in [0.3, 0.4) is 0 Å². The molecule has 5 heteroatoms. The zero-order chi connectivity index (χ0) is 12.0. The van der Waals surface area contributed by atoms with E-state index in [4.69, 9.17) is 15.3 Å². The van der Waals surface area contributed by atoms with E-state index in [-0.39, 0.29) is 24.6 Å². The normalized spacial score (nSPS) is 10.1. The summed E-state index contributed by atoms with van der Waals surface area (Å²) in [6.45, 7) is 2.19. The number of hydrogen-bond donors (Lipinski definition) is 2. The first-order valence-electron chi connectivity index (χ1n) is 5.19. The molecule has 0 fully saturated rings. The number of pyridine rings is 1. The molecule has 0 saturated heterocycles. The van der Waals surface area contributed by atoms with Crippen molar-refractivity contribution in [2.75, 3.05) is 13.2 Å². The number of ether oxygens (including phenoxy) is 1. The number of hydrogen-bond acceptors (Lipinski definition) is 4. The minimum atomic E-state index is -0.285. The van der Waals surface area contributed by atoms with Crippen LogP contribution in [0.4, 0.5) is 0 Å². The summed E-state index contributed by atoms with van der Waals surface area (Å²) < 4.78 is 5.87. The van der Waals surface area contributed by atoms with Crippen LogP contribution in [0.2, 0.25) is 0 Å². The van der Waals surface area contributed by atoms with Crippen molar-refractivity contribution in [2.24, 2.45) is 0 Å². The third-order valence-electron chi connectivity index (χ3n) is 2.00. The fraction of sp³-hybridized carbons (Fsp3) is 0.455. The van der Waals surface area contributed by atoms with Crippen molar-refractivity contribution in [1.29, 1.82) is 5.41 Å². The molecular formula is C11H16N2O3. The van der Waals surface area contributed by atoms with E-state index in [9.17, 15) is 5.21 Å². The van der Waals surface area contributed by atoms with Gasteiger partial charge in [0.15, 0.2) is 6.20 Å². The van der Waals surface area contributed by atoms with Gasteiger partial charge in [0.25, 0.3) is 0 Å². The summed E-state index contributed by atoms with van der Waals surface area (Å²) in [5, 5.41) is 27.5. The Morgan fingerprint density at radius 2 is 2.31 bits per heavy atom. The van der Waals surface area contributed by atoms with Gasteiger partial charge in [-0.05, 0) is 12.5 Å². The van der Waals surface area contributed by atoms with E-state index in [1.54, 1.807) is 12.1 Å². The van der Waals surface area contributed by atoms with Crippen molar-refractivity contribution >= 4 is 5.71 Å². The molecule has 0 atom stereocenters. The lowest BCUT2D eigenvalue weighted by Crippen LogP contribution is -2.29. The minimum absolute atomic E-state index is 0.183. The molecule has 1 aromatic rings. The number of nitrogens with one attached hydrogen (secondary N) is 1. The highest BCUT2D eigenvalue weighted by Gasteiger charge is 2.08. The van der Waals surface area contributed by atoms with E-state index in [2.05, 4.69) is 0 Å². The SMILES string of the molecule is CCCOc1ccc(CC(=N)CO)c[n+]1[O-]. The van der Waals surface area contributed by atoms with Gasteiger partial charge in [0.1, 0.15) is 0 Å². The molecular weight excluding hydrogens is 208 g/mol. The van der Waals surface area contributed by atoms with E-state index >= 15 is 0 Å². The smallest absolute Gasteiger partial charge is 0.379 e. The number of nitrogens with zero attached hydrogens (tertiary/aromatic N) is 1. The fourth-order valence-electron chi connectivity index (χ4n) is 1.23. The standard InChI is InChI=1S/C11H16N2O3/c1-2-5-16-11-4-3-9(7-13(11)15)6-10(12)8-14/h3-4,7,12,14H,2,5-6,8H2,1H3. The van der Waals surface area contributed by atoms with Crippen LogP contribution in [0.15, 0.2) is 18.3 Å². The lowest BCUT2D eigenvalue weighted by atomic mass is 10.1. The summed E-state index contributed by atoms with van der Waals surface area (Å²) in [5.74, 6) is 0.265. The molecule has 1 aromatic heterocycles. The van der Waals surface area contributed by atoms with Gasteiger partial charge in [-0.3, -0.25) is 0 Å². The molecule has 0 aliphatic carbocycles. The predicted molar refractivity (Wildman–Crippen MR) is 59.7 cm³/mol. The van der Waals surface area contributed by atoms with Gasteiger partial charge in [-0.2, -0.15) is 0 Å². The number of aliphatic hydroxyl groups excluding tert-OH is 1. The van der Waals surface area contributed by atoms with Crippen LogP contribution in [0.1, 0.15) is 18.9 Å². The first-order valence-corrected chi connectivity index (χ1v) is 5.19. The van der Waals surface area contributed by atoms with Crippen LogP contribution in [0, 0.1) is 10.6 Å². The van der Waals surface area contributed by atoms with E-state index in [1.807, 2.05) is 6.92 Å². The van der Waals surface area contributed by atoms with Crippen LogP contribution in [-0.2, 0) is 6.42 Å². The van der Waals surface area contributed by atoms with E-state index < -0.39 is 0 Å². The van der Waals surface area contributed by atoms with Crippen LogP contribution in [0.25, 0.3) is 0 Å². The van der Waals surface area contributed by atoms with Crippen molar-refractivity contribution in [1.82, 2.24) is 0 Å². The summed E-state index contributed by atoms with van der Waals surface area (Å²) in [7, 11) is 0. The molecule has 16 heavy (non-hydrogen) atoms. The first-order chi connectivity index (χ1) is 7.67. The molecule has 0 aliphatic heterocycles. The Kier molecular flexibility index (Phi) is 4.72. The van der Waals surface area contributed by atoms with E-state index in [0.29, 0.717) is 16.9 Å². The maximum atomic E-state index is 11.5. The largest absolute Gasteiger partial charge is 0.616 e. The summed E-state index contributed by atoms with van der Waals surface area (Å²) in [6, 6.07) is 3.31. The van der Waals surface area contributed by atoms with Gasteiger partial charge in [-0.15, -0.1) is 4.73 Å². The predicted octanol–water partition coefficient (Wildman–Crippen LogP) is 0.663. The van der Waals surface area contributed by atoms with Crippen LogP contribution in [-0.4, -0.2) is 24.0 Å². The van der Waals surface area contributed by atoms with Gasteiger partial charge in [-0.1, -0.05) is 6.92 Å². The second-order valence-electron chi connectivity index (χ2n) is 3.49. The van der Waals surface area contributed by atoms with Gasteiger partial charge < -0.3 is 20.5 Å². The lowest BCUT2D eigenvalue weighted by molar-refractivity contribution is -0.613. The molecule has 0 radical (unpaired) electrons. The topological polar surface area (TPSA) is 80.2 Å². The highest BCUT2D eigenvalue weighted by molar-refractivity contribution is 5.84. The fourth-order valence-corrected chi connectivity index (χ4v) is 1.23. The van der Waals surface area contributed by atoms with Crippen molar-refractivity contribution < 1.29 is 14.6 Å². The molecule has 0 spiro atoms. The van der Waals surface area contributed by atoms with Crippen LogP contribution >= 0.6 is 0 Å². The molecule has 0 saturated carbocycles. The third kappa shape index (κ3) is 3.51. The monoisotopic (exact) mass is 224 g/mol. The van der Waals surface area contributed by atoms with Crippen LogP contribution in [0.5, 0.6) is 5.88 Å². The van der Waals surface area contributed by atoms with Crippen molar-refractivity contribution in [3.8, 4) is 5.88 Å². The highest BCUT2D eigenvalue weighted by atomic mass is 16.5. The number of rotatable bonds is 6. The van der Waals surface area contributed by atoms with Crippen molar-refractivity contribution in [3.05, 3.63) is 29.1 Å². The Morgan fingerprint density at radius 1 is 1.56 bits per heavy atom. The Balaban J connectivity index is 2.70. The molecule has 0 aliphatic rings. The molecule has 1 rings (SSSR count). The Hall–Kier alpha value is -1.62. The van der Waals surface area contributed by atoms with Gasteiger partial charge >= 0.3 is 5.88 Å². The third-order valence-corrected chi connectivity index (χ3v) is 2.00. The second kappa shape index (κ2) is 6.07. The zero-order valence-electron chi connectivity index (χ0n) is 9.27. The van der Waals surface area contributed by atoms with E-state index in [0.717, 1.165) is 6.42 Å². The highest BCUT2D eigenvalue weighted by Crippen LogP contribution is 2.06. The van der Waals surface area contributed by atoms with E-state index in [1.165, 1.54) is 6.20 Å². The molecule has 0 aromatic carbocycles. The molecule has 88 valence electrons. The average Bonchev–Trinajstić information content (AvgIpc) is 2.28. The quantitative estimate of drug-likeness (QED) is 0.423. The van der Waals surface area contributed by atoms with Gasteiger partial charge in [-0.25, -0.2) is 0 Å². The van der Waals surface area contributed by atoms with Gasteiger partial charge in [0, 0.05) is 17.7 Å². The Bertz CT molecular complexity index is 366. The summed E-state index contributed by atoms with van der Waals surface area (Å²) in [5.41, 5.74) is 0.875. The minimum Gasteiger partial charge on any atom is -0.616 e. The Labute approximate surface area is 94.4 Å².